The number of nitrogens with one attached hydrogen (secondary N) is 2. The van der Waals surface area contributed by atoms with Crippen LogP contribution in [0, 0.1) is 0 Å². The fourth-order valence-corrected chi connectivity index (χ4v) is 4.54. The highest BCUT2D eigenvalue weighted by Crippen LogP contribution is 2.34. The van der Waals surface area contributed by atoms with Crippen LogP contribution >= 0.6 is 0 Å². The van der Waals surface area contributed by atoms with Crippen molar-refractivity contribution in [2.75, 3.05) is 31.6 Å². The molecular formula is C26H39N5O4. The third kappa shape index (κ3) is 8.06. The summed E-state index contributed by atoms with van der Waals surface area (Å²) in [6.45, 7) is 9.31. The highest BCUT2D eigenvalue weighted by molar-refractivity contribution is 5.90. The van der Waals surface area contributed by atoms with E-state index in [-0.39, 0.29) is 18.2 Å². The molecule has 2 aromatic rings. The first-order valence-electron chi connectivity index (χ1n) is 12.8. The topological polar surface area (TPSA) is 110 Å². The van der Waals surface area contributed by atoms with E-state index in [1.54, 1.807) is 0 Å². The van der Waals surface area contributed by atoms with Crippen LogP contribution in [0.15, 0.2) is 28.8 Å². The minimum atomic E-state index is -0.582. The summed E-state index contributed by atoms with van der Waals surface area (Å²) in [6.07, 6.45) is 6.42. The molecule has 1 aliphatic carbocycles. The van der Waals surface area contributed by atoms with Gasteiger partial charge in [-0.3, -0.25) is 9.59 Å². The van der Waals surface area contributed by atoms with Gasteiger partial charge in [-0.1, -0.05) is 44.7 Å². The van der Waals surface area contributed by atoms with Crippen LogP contribution in [0.3, 0.4) is 0 Å². The molecule has 0 radical (unpaired) electrons. The zero-order valence-electron chi connectivity index (χ0n) is 21.3. The summed E-state index contributed by atoms with van der Waals surface area (Å²) in [7, 11) is 0. The van der Waals surface area contributed by atoms with E-state index in [2.05, 4.69) is 39.5 Å². The Kier molecular flexibility index (Phi) is 10.1. The number of aromatic nitrogens is 2. The van der Waals surface area contributed by atoms with E-state index in [0.717, 1.165) is 63.9 Å². The minimum absolute atomic E-state index is 0.0991. The van der Waals surface area contributed by atoms with Gasteiger partial charge in [-0.2, -0.15) is 4.98 Å². The Labute approximate surface area is 208 Å². The van der Waals surface area contributed by atoms with E-state index in [1.807, 2.05) is 24.3 Å². The van der Waals surface area contributed by atoms with Crippen molar-refractivity contribution in [3.63, 3.8) is 0 Å². The molecule has 0 spiro atoms. The van der Waals surface area contributed by atoms with E-state index >= 15 is 0 Å². The SMILES string of the molecule is CCN(CC)CCOc1ccc(NC(=O)CCc2nc(C3(NC(C)=O)CCCCCC3)no2)cc1. The second kappa shape index (κ2) is 13.2. The third-order valence-corrected chi connectivity index (χ3v) is 6.54. The average molecular weight is 486 g/mol. The maximum absolute atomic E-state index is 12.5. The van der Waals surface area contributed by atoms with Gasteiger partial charge < -0.3 is 24.8 Å². The minimum Gasteiger partial charge on any atom is -0.492 e. The van der Waals surface area contributed by atoms with Gasteiger partial charge >= 0.3 is 0 Å². The number of carbonyl (C=O) groups is 2. The second-order valence-corrected chi connectivity index (χ2v) is 9.14. The molecule has 1 aromatic heterocycles. The van der Waals surface area contributed by atoms with Crippen molar-refractivity contribution < 1.29 is 18.8 Å². The fraction of sp³-hybridized carbons (Fsp3) is 0.615. The lowest BCUT2D eigenvalue weighted by Crippen LogP contribution is -2.45. The number of anilines is 1. The smallest absolute Gasteiger partial charge is 0.227 e. The molecule has 0 aliphatic heterocycles. The number of hydrogen-bond acceptors (Lipinski definition) is 7. The average Bonchev–Trinajstić information content (AvgIpc) is 3.21. The van der Waals surface area contributed by atoms with Crippen molar-refractivity contribution in [3.8, 4) is 5.75 Å². The number of benzene rings is 1. The highest BCUT2D eigenvalue weighted by Gasteiger charge is 2.38. The van der Waals surface area contributed by atoms with Crippen LogP contribution < -0.4 is 15.4 Å². The molecule has 1 aromatic carbocycles. The fourth-order valence-electron chi connectivity index (χ4n) is 4.54. The quantitative estimate of drug-likeness (QED) is 0.437. The van der Waals surface area contributed by atoms with Gasteiger partial charge in [0, 0.05) is 32.0 Å². The predicted molar refractivity (Wildman–Crippen MR) is 134 cm³/mol. The first-order valence-corrected chi connectivity index (χ1v) is 12.8. The molecule has 9 nitrogen and oxygen atoms in total. The molecule has 1 aliphatic rings. The second-order valence-electron chi connectivity index (χ2n) is 9.14. The molecular weight excluding hydrogens is 446 g/mol. The van der Waals surface area contributed by atoms with Crippen LogP contribution in [-0.4, -0.2) is 53.1 Å². The van der Waals surface area contributed by atoms with Gasteiger partial charge in [-0.15, -0.1) is 0 Å². The summed E-state index contributed by atoms with van der Waals surface area (Å²) < 4.78 is 11.2. The van der Waals surface area contributed by atoms with Gasteiger partial charge in [0.2, 0.25) is 17.7 Å². The number of rotatable bonds is 12. The summed E-state index contributed by atoms with van der Waals surface area (Å²) >= 11 is 0. The van der Waals surface area contributed by atoms with Gasteiger partial charge in [0.1, 0.15) is 17.9 Å². The highest BCUT2D eigenvalue weighted by atomic mass is 16.5. The summed E-state index contributed by atoms with van der Waals surface area (Å²) in [5.41, 5.74) is 0.127. The molecule has 35 heavy (non-hydrogen) atoms. The van der Waals surface area contributed by atoms with E-state index in [1.165, 1.54) is 6.92 Å². The summed E-state index contributed by atoms with van der Waals surface area (Å²) in [5, 5.41) is 10.1. The van der Waals surface area contributed by atoms with Crippen molar-refractivity contribution >= 4 is 17.5 Å². The molecule has 0 bridgehead atoms. The standard InChI is InChI=1S/C26H39N5O4/c1-4-31(5-2)18-19-34-22-12-10-21(11-13-22)27-23(33)14-15-24-28-25(30-35-24)26(29-20(3)32)16-8-6-7-9-17-26/h10-13H,4-9,14-19H2,1-3H3,(H,27,33)(H,29,32). The van der Waals surface area contributed by atoms with Crippen LogP contribution in [0.5, 0.6) is 5.75 Å². The number of amides is 2. The van der Waals surface area contributed by atoms with Crippen LogP contribution in [0.1, 0.15) is 77.4 Å². The van der Waals surface area contributed by atoms with Crippen molar-refractivity contribution in [1.82, 2.24) is 20.4 Å². The molecule has 1 fully saturated rings. The lowest BCUT2D eigenvalue weighted by Gasteiger charge is -2.30. The maximum Gasteiger partial charge on any atom is 0.227 e. The zero-order valence-corrected chi connectivity index (χ0v) is 21.3. The van der Waals surface area contributed by atoms with Crippen molar-refractivity contribution in [2.45, 2.75) is 77.7 Å². The van der Waals surface area contributed by atoms with E-state index in [4.69, 9.17) is 9.26 Å². The molecule has 2 N–H and O–H groups in total. The summed E-state index contributed by atoms with van der Waals surface area (Å²) in [5.74, 6) is 1.46. The Hall–Kier alpha value is -2.94. The lowest BCUT2D eigenvalue weighted by atomic mass is 9.89. The Morgan fingerprint density at radius 2 is 1.77 bits per heavy atom. The van der Waals surface area contributed by atoms with Gasteiger partial charge in [-0.25, -0.2) is 0 Å². The predicted octanol–water partition coefficient (Wildman–Crippen LogP) is 4.05. The zero-order chi connectivity index (χ0) is 25.1. The van der Waals surface area contributed by atoms with E-state index in [0.29, 0.717) is 30.4 Å². The molecule has 0 saturated heterocycles. The molecule has 1 heterocycles. The monoisotopic (exact) mass is 485 g/mol. The molecule has 1 saturated carbocycles. The van der Waals surface area contributed by atoms with Crippen LogP contribution in [0.25, 0.3) is 0 Å². The van der Waals surface area contributed by atoms with Crippen LogP contribution in [0.2, 0.25) is 0 Å². The third-order valence-electron chi connectivity index (χ3n) is 6.54. The number of aryl methyl sites for hydroxylation is 1. The van der Waals surface area contributed by atoms with Gasteiger partial charge in [0.25, 0.3) is 0 Å². The largest absolute Gasteiger partial charge is 0.492 e. The first-order chi connectivity index (χ1) is 16.9. The molecule has 9 heteroatoms. The molecule has 0 atom stereocenters. The summed E-state index contributed by atoms with van der Waals surface area (Å²) in [4.78, 5) is 31.2. The first kappa shape index (κ1) is 26.7. The Bertz CT molecular complexity index is 931. The van der Waals surface area contributed by atoms with E-state index < -0.39 is 5.54 Å². The lowest BCUT2D eigenvalue weighted by molar-refractivity contribution is -0.121. The molecule has 192 valence electrons. The van der Waals surface area contributed by atoms with Crippen molar-refractivity contribution in [1.29, 1.82) is 0 Å². The number of nitrogens with zero attached hydrogens (tertiary/aromatic N) is 3. The Morgan fingerprint density at radius 1 is 1.09 bits per heavy atom. The van der Waals surface area contributed by atoms with Gasteiger partial charge in [0.15, 0.2) is 5.82 Å². The van der Waals surface area contributed by atoms with Gasteiger partial charge in [0.05, 0.1) is 0 Å². The van der Waals surface area contributed by atoms with E-state index in [9.17, 15) is 9.59 Å². The number of hydrogen-bond donors (Lipinski definition) is 2. The molecule has 2 amide bonds. The Balaban J connectivity index is 1.49. The van der Waals surface area contributed by atoms with Gasteiger partial charge in [-0.05, 0) is 50.2 Å². The maximum atomic E-state index is 12.5. The van der Waals surface area contributed by atoms with Crippen molar-refractivity contribution in [3.05, 3.63) is 36.0 Å². The number of likely N-dealkylation sites (N-methyl/N-ethyl adjacent to an activating group) is 1. The Morgan fingerprint density at radius 3 is 2.40 bits per heavy atom. The van der Waals surface area contributed by atoms with Crippen molar-refractivity contribution in [2.24, 2.45) is 0 Å². The number of carbonyl (C=O) groups excluding carboxylic acids is 2. The molecule has 3 rings (SSSR count). The normalized spacial score (nSPS) is 15.4. The number of ether oxygens (including phenoxy) is 1. The summed E-state index contributed by atoms with van der Waals surface area (Å²) in [6, 6.07) is 7.38. The van der Waals surface area contributed by atoms with Crippen LogP contribution in [0.4, 0.5) is 5.69 Å². The van der Waals surface area contributed by atoms with Crippen LogP contribution in [-0.2, 0) is 21.5 Å². The molecule has 0 unspecified atom stereocenters.